The molecule has 2 N–H and O–H groups in total. The zero-order valence-corrected chi connectivity index (χ0v) is 18.1. The Balaban J connectivity index is 1.56. The second kappa shape index (κ2) is 9.53. The fraction of sp³-hybridized carbons (Fsp3) is 0.579. The molecule has 0 radical (unpaired) electrons. The van der Waals surface area contributed by atoms with Gasteiger partial charge in [0.05, 0.1) is 35.4 Å². The molecule has 0 bridgehead atoms. The quantitative estimate of drug-likeness (QED) is 0.649. The average Bonchev–Trinajstić information content (AvgIpc) is 3.17. The first kappa shape index (κ1) is 22.2. The van der Waals surface area contributed by atoms with Gasteiger partial charge in [-0.15, -0.1) is 5.10 Å². The third-order valence-electron chi connectivity index (χ3n) is 5.05. The fourth-order valence-corrected chi connectivity index (χ4v) is 4.75. The van der Waals surface area contributed by atoms with Crippen molar-refractivity contribution in [3.8, 4) is 0 Å². The molecular weight excluding hydrogens is 416 g/mol. The number of aryl methyl sites for hydroxylation is 1. The van der Waals surface area contributed by atoms with Gasteiger partial charge in [0.25, 0.3) is 0 Å². The van der Waals surface area contributed by atoms with Gasteiger partial charge in [-0.05, 0) is 49.4 Å². The number of halogens is 1. The van der Waals surface area contributed by atoms with Crippen LogP contribution in [0.1, 0.15) is 44.7 Å². The Bertz CT molecular complexity index is 901. The fourth-order valence-electron chi connectivity index (χ4n) is 3.32. The second-order valence-corrected chi connectivity index (χ2v) is 9.74. The first-order valence-corrected chi connectivity index (χ1v) is 11.6. The molecule has 1 saturated heterocycles. The van der Waals surface area contributed by atoms with Crippen LogP contribution in [0.25, 0.3) is 0 Å². The van der Waals surface area contributed by atoms with Crippen molar-refractivity contribution in [1.82, 2.24) is 19.7 Å². The van der Waals surface area contributed by atoms with Crippen LogP contribution in [-0.2, 0) is 21.3 Å². The smallest absolute Gasteiger partial charge is 0.240 e. The molecule has 0 spiro atoms. The lowest BCUT2D eigenvalue weighted by Crippen LogP contribution is -2.50. The summed E-state index contributed by atoms with van der Waals surface area (Å²) in [5.74, 6) is 0.322. The number of benzene rings is 1. The molecule has 0 saturated carbocycles. The Hall–Kier alpha value is -1.52. The molecule has 1 aromatic carbocycles. The van der Waals surface area contributed by atoms with E-state index in [1.54, 1.807) is 4.68 Å². The summed E-state index contributed by atoms with van der Waals surface area (Å²) >= 11 is 5.83. The maximum atomic E-state index is 12.6. The van der Waals surface area contributed by atoms with E-state index >= 15 is 0 Å². The molecule has 2 heterocycles. The minimum absolute atomic E-state index is 0.0739. The highest BCUT2D eigenvalue weighted by atomic mass is 35.5. The molecule has 2 aromatic rings. The lowest BCUT2D eigenvalue weighted by Gasteiger charge is -2.36. The van der Waals surface area contributed by atoms with Crippen molar-refractivity contribution in [2.45, 2.75) is 68.7 Å². The molecule has 29 heavy (non-hydrogen) atoms. The molecule has 1 aromatic heterocycles. The summed E-state index contributed by atoms with van der Waals surface area (Å²) in [6.07, 6.45) is 3.24. The Labute approximate surface area is 176 Å². The number of rotatable bonds is 8. The van der Waals surface area contributed by atoms with Gasteiger partial charge in [0.15, 0.2) is 0 Å². The Morgan fingerprint density at radius 3 is 2.66 bits per heavy atom. The van der Waals surface area contributed by atoms with E-state index in [0.717, 1.165) is 5.69 Å². The van der Waals surface area contributed by atoms with Crippen molar-refractivity contribution in [2.75, 3.05) is 6.61 Å². The molecule has 3 rings (SSSR count). The van der Waals surface area contributed by atoms with E-state index in [0.29, 0.717) is 36.7 Å². The monoisotopic (exact) mass is 442 g/mol. The summed E-state index contributed by atoms with van der Waals surface area (Å²) in [5.41, 5.74) is 0.944. The number of hydrogen-bond donors (Lipinski definition) is 2. The summed E-state index contributed by atoms with van der Waals surface area (Å²) in [7, 11) is -3.72. The number of nitrogens with one attached hydrogen (secondary N) is 1. The topological polar surface area (TPSA) is 106 Å². The summed E-state index contributed by atoms with van der Waals surface area (Å²) in [6, 6.07) is 5.48. The molecule has 160 valence electrons. The van der Waals surface area contributed by atoms with Gasteiger partial charge in [-0.2, -0.15) is 0 Å². The van der Waals surface area contributed by atoms with E-state index in [4.69, 9.17) is 16.3 Å². The van der Waals surface area contributed by atoms with Crippen LogP contribution in [0.15, 0.2) is 35.4 Å². The van der Waals surface area contributed by atoms with Crippen molar-refractivity contribution < 1.29 is 18.3 Å². The van der Waals surface area contributed by atoms with Gasteiger partial charge >= 0.3 is 0 Å². The zero-order chi connectivity index (χ0) is 21.0. The maximum absolute atomic E-state index is 12.6. The number of ether oxygens (including phenoxy) is 1. The molecular formula is C19H27ClN4O4S. The highest BCUT2D eigenvalue weighted by Crippen LogP contribution is 2.24. The van der Waals surface area contributed by atoms with Crippen LogP contribution in [0, 0.1) is 0 Å². The van der Waals surface area contributed by atoms with Gasteiger partial charge in [0.1, 0.15) is 0 Å². The van der Waals surface area contributed by atoms with Gasteiger partial charge in [-0.25, -0.2) is 13.1 Å². The number of aliphatic hydroxyl groups excluding tert-OH is 1. The average molecular weight is 443 g/mol. The molecule has 1 fully saturated rings. The lowest BCUT2D eigenvalue weighted by atomic mass is 9.98. The summed E-state index contributed by atoms with van der Waals surface area (Å²) in [6.45, 7) is 4.53. The van der Waals surface area contributed by atoms with Crippen LogP contribution in [0.3, 0.4) is 0 Å². The van der Waals surface area contributed by atoms with Crippen LogP contribution in [-0.4, -0.2) is 53.4 Å². The Morgan fingerprint density at radius 1 is 1.31 bits per heavy atom. The summed E-state index contributed by atoms with van der Waals surface area (Å²) < 4.78 is 35.6. The van der Waals surface area contributed by atoms with E-state index in [9.17, 15) is 13.5 Å². The van der Waals surface area contributed by atoms with Crippen molar-refractivity contribution in [3.63, 3.8) is 0 Å². The molecule has 0 amide bonds. The van der Waals surface area contributed by atoms with E-state index in [2.05, 4.69) is 28.9 Å². The molecule has 0 unspecified atom stereocenters. The van der Waals surface area contributed by atoms with E-state index in [-0.39, 0.29) is 17.6 Å². The normalized spacial score (nSPS) is 22.9. The summed E-state index contributed by atoms with van der Waals surface area (Å²) in [4.78, 5) is 0.132. The summed E-state index contributed by atoms with van der Waals surface area (Å²) in [5, 5.41) is 18.5. The predicted octanol–water partition coefficient (Wildman–Crippen LogP) is 2.33. The number of nitrogens with zero attached hydrogens (tertiary/aromatic N) is 3. The SMILES string of the molecule is CC(C)c1cn(CC[C@H]2CC[C@@H](NS(=O)(=O)c3ccc(Cl)cc3)[C@@H](CO)O2)nn1. The van der Waals surface area contributed by atoms with Gasteiger partial charge < -0.3 is 9.84 Å². The Morgan fingerprint density at radius 2 is 2.03 bits per heavy atom. The second-order valence-electron chi connectivity index (χ2n) is 7.59. The van der Waals surface area contributed by atoms with E-state index in [1.807, 2.05) is 6.20 Å². The number of sulfonamides is 1. The highest BCUT2D eigenvalue weighted by molar-refractivity contribution is 7.89. The minimum atomic E-state index is -3.72. The third kappa shape index (κ3) is 5.76. The standard InChI is InChI=1S/C19H27ClN4O4S/c1-13(2)18-11-24(23-21-18)10-9-15-5-8-17(19(12-25)28-15)22-29(26,27)16-6-3-14(20)4-7-16/h3-4,6-7,11,13,15,17,19,22,25H,5,8-10,12H2,1-2H3/t15-,17-,19-/m1/s1. The Kier molecular flexibility index (Phi) is 7.28. The van der Waals surface area contributed by atoms with Crippen LogP contribution in [0.4, 0.5) is 0 Å². The van der Waals surface area contributed by atoms with E-state index in [1.165, 1.54) is 24.3 Å². The number of aliphatic hydroxyl groups is 1. The maximum Gasteiger partial charge on any atom is 0.240 e. The van der Waals surface area contributed by atoms with Crippen LogP contribution in [0.5, 0.6) is 0 Å². The van der Waals surface area contributed by atoms with Crippen LogP contribution < -0.4 is 4.72 Å². The van der Waals surface area contributed by atoms with Crippen molar-refractivity contribution in [2.24, 2.45) is 0 Å². The van der Waals surface area contributed by atoms with Crippen LogP contribution in [0.2, 0.25) is 5.02 Å². The van der Waals surface area contributed by atoms with Crippen molar-refractivity contribution in [3.05, 3.63) is 41.2 Å². The minimum Gasteiger partial charge on any atom is -0.394 e. The highest BCUT2D eigenvalue weighted by Gasteiger charge is 2.33. The molecule has 1 aliphatic rings. The third-order valence-corrected chi connectivity index (χ3v) is 6.81. The number of aromatic nitrogens is 3. The van der Waals surface area contributed by atoms with Gasteiger partial charge in [-0.3, -0.25) is 4.68 Å². The van der Waals surface area contributed by atoms with Gasteiger partial charge in [0.2, 0.25) is 10.0 Å². The van der Waals surface area contributed by atoms with Crippen molar-refractivity contribution >= 4 is 21.6 Å². The van der Waals surface area contributed by atoms with Crippen LogP contribution >= 0.6 is 11.6 Å². The molecule has 1 aliphatic heterocycles. The molecule has 3 atom stereocenters. The molecule has 0 aliphatic carbocycles. The number of hydrogen-bond acceptors (Lipinski definition) is 6. The first-order chi connectivity index (χ1) is 13.8. The van der Waals surface area contributed by atoms with E-state index < -0.39 is 22.2 Å². The first-order valence-electron chi connectivity index (χ1n) is 9.72. The molecule has 8 nitrogen and oxygen atoms in total. The molecule has 10 heteroatoms. The largest absolute Gasteiger partial charge is 0.394 e. The van der Waals surface area contributed by atoms with Gasteiger partial charge in [0, 0.05) is 17.8 Å². The van der Waals surface area contributed by atoms with Crippen molar-refractivity contribution in [1.29, 1.82) is 0 Å². The predicted molar refractivity (Wildman–Crippen MR) is 109 cm³/mol. The zero-order valence-electron chi connectivity index (χ0n) is 16.5. The van der Waals surface area contributed by atoms with Gasteiger partial charge in [-0.1, -0.05) is 30.7 Å². The lowest BCUT2D eigenvalue weighted by molar-refractivity contribution is -0.0891.